The summed E-state index contributed by atoms with van der Waals surface area (Å²) in [6, 6.07) is 0. The zero-order valence-electron chi connectivity index (χ0n) is 17.1. The number of hydrogen-bond acceptors (Lipinski definition) is 3. The third kappa shape index (κ3) is 19.0. The number of unbranched alkanes of at least 4 members (excludes halogenated alkanes) is 13. The van der Waals surface area contributed by atoms with Gasteiger partial charge in [-0.3, -0.25) is 0 Å². The van der Waals surface area contributed by atoms with E-state index in [4.69, 9.17) is 7.72 Å². The van der Waals surface area contributed by atoms with Gasteiger partial charge in [0.25, 0.3) is 0 Å². The van der Waals surface area contributed by atoms with Gasteiger partial charge in [-0.25, -0.2) is 0 Å². The van der Waals surface area contributed by atoms with Gasteiger partial charge in [0.2, 0.25) is 0 Å². The Labute approximate surface area is 158 Å². The van der Waals surface area contributed by atoms with Crippen molar-refractivity contribution in [3.63, 3.8) is 0 Å². The minimum absolute atomic E-state index is 0.788. The van der Waals surface area contributed by atoms with E-state index in [2.05, 4.69) is 6.92 Å². The maximum absolute atomic E-state index is 11.0. The molecule has 0 fully saturated rings. The van der Waals surface area contributed by atoms with Crippen LogP contribution in [0.1, 0.15) is 96.8 Å². The Morgan fingerprint density at radius 3 is 1.32 bits per heavy atom. The van der Waals surface area contributed by atoms with Crippen LogP contribution >= 0.6 is 0 Å². The number of rotatable bonds is 17. The topological polar surface area (TPSA) is 63.6 Å². The quantitative estimate of drug-likeness (QED) is 0.149. The second kappa shape index (κ2) is 12.8. The molecule has 0 saturated carbocycles. The average molecular weight is 443 g/mol. The molecule has 154 valence electrons. The standard InChI is InChI=1S/C19H43AsO4S/c1-5-6-7-8-9-10-11-12-13-14-15-16-17-18-19-20(2,3,4)24-25(21,22)23/h5-19H2,1-4H3,(H,21,22,23). The summed E-state index contributed by atoms with van der Waals surface area (Å²) in [6.45, 7) is 2.26. The summed E-state index contributed by atoms with van der Waals surface area (Å²) in [4.78, 5) is 0. The Kier molecular flexibility index (Phi) is 13.0. The van der Waals surface area contributed by atoms with Crippen molar-refractivity contribution in [3.05, 3.63) is 0 Å². The fourth-order valence-corrected chi connectivity index (χ4v) is 11.6. The molecule has 0 unspecified atom stereocenters. The monoisotopic (exact) mass is 442 g/mol. The molecular formula is C19H43AsO4S. The normalized spacial score (nSPS) is 14.4. The van der Waals surface area contributed by atoms with Gasteiger partial charge in [-0.05, 0) is 0 Å². The molecule has 4 nitrogen and oxygen atoms in total. The Hall–Kier alpha value is 0.428. The molecule has 0 aromatic heterocycles. The van der Waals surface area contributed by atoms with Gasteiger partial charge in [-0.15, -0.1) is 0 Å². The first kappa shape index (κ1) is 25.4. The van der Waals surface area contributed by atoms with Crippen LogP contribution in [0.3, 0.4) is 0 Å². The maximum atomic E-state index is 11.0. The molecule has 0 aliphatic carbocycles. The van der Waals surface area contributed by atoms with Crippen LogP contribution < -0.4 is 0 Å². The van der Waals surface area contributed by atoms with Gasteiger partial charge in [0.05, 0.1) is 0 Å². The SMILES string of the molecule is CCCCCCCCCCCCCCCC[As](C)(C)(C)OS(=O)(=O)O. The third-order valence-corrected chi connectivity index (χ3v) is 13.9. The summed E-state index contributed by atoms with van der Waals surface area (Å²) in [5, 5.41) is 0.788. The molecule has 0 spiro atoms. The van der Waals surface area contributed by atoms with Crippen molar-refractivity contribution in [2.24, 2.45) is 0 Å². The fraction of sp³-hybridized carbons (Fsp3) is 1.00. The molecule has 0 aliphatic heterocycles. The number of hydrogen-bond donors (Lipinski definition) is 1. The summed E-state index contributed by atoms with van der Waals surface area (Å²) in [5.41, 5.74) is 5.69. The van der Waals surface area contributed by atoms with Gasteiger partial charge < -0.3 is 0 Å². The predicted molar refractivity (Wildman–Crippen MR) is 111 cm³/mol. The van der Waals surface area contributed by atoms with Crippen molar-refractivity contribution in [2.45, 2.75) is 119 Å². The van der Waals surface area contributed by atoms with Gasteiger partial charge in [-0.1, -0.05) is 26.2 Å². The van der Waals surface area contributed by atoms with Crippen LogP contribution in [0, 0.1) is 0 Å². The van der Waals surface area contributed by atoms with Gasteiger partial charge >= 0.3 is 132 Å². The van der Waals surface area contributed by atoms with Crippen LogP contribution in [-0.2, 0) is 13.6 Å². The average Bonchev–Trinajstić information content (AvgIpc) is 2.44. The Balaban J connectivity index is 3.47. The molecule has 0 saturated heterocycles. The third-order valence-electron chi connectivity index (χ3n) is 4.64. The summed E-state index contributed by atoms with van der Waals surface area (Å²) < 4.78 is 35.9. The van der Waals surface area contributed by atoms with Crippen molar-refractivity contribution >= 4 is 23.2 Å². The second-order valence-corrected chi connectivity index (χ2v) is 24.1. The molecular weight excluding hydrogens is 399 g/mol. The summed E-state index contributed by atoms with van der Waals surface area (Å²) >= 11 is -3.31. The van der Waals surface area contributed by atoms with E-state index in [9.17, 15) is 8.42 Å². The van der Waals surface area contributed by atoms with Crippen molar-refractivity contribution in [1.82, 2.24) is 0 Å². The Bertz CT molecular complexity index is 426. The summed E-state index contributed by atoms with van der Waals surface area (Å²) in [5.74, 6) is 0. The second-order valence-electron chi connectivity index (χ2n) is 8.79. The Morgan fingerprint density at radius 2 is 1.00 bits per heavy atom. The van der Waals surface area contributed by atoms with E-state index >= 15 is 0 Å². The molecule has 0 radical (unpaired) electrons. The first-order valence-corrected chi connectivity index (χ1v) is 19.3. The van der Waals surface area contributed by atoms with Gasteiger partial charge in [0.15, 0.2) is 0 Å². The molecule has 0 heterocycles. The van der Waals surface area contributed by atoms with Crippen molar-refractivity contribution in [2.75, 3.05) is 0 Å². The van der Waals surface area contributed by atoms with E-state index in [1.807, 2.05) is 17.1 Å². The molecule has 0 atom stereocenters. The molecule has 0 aromatic carbocycles. The molecule has 0 aromatic rings. The van der Waals surface area contributed by atoms with Crippen molar-refractivity contribution in [1.29, 1.82) is 0 Å². The van der Waals surface area contributed by atoms with E-state index in [1.165, 1.54) is 77.0 Å². The van der Waals surface area contributed by atoms with Crippen LogP contribution in [-0.4, -0.2) is 25.8 Å². The zero-order chi connectivity index (χ0) is 19.3. The molecule has 1 N–H and O–H groups in total. The molecule has 25 heavy (non-hydrogen) atoms. The summed E-state index contributed by atoms with van der Waals surface area (Å²) in [7, 11) is -4.33. The minimum atomic E-state index is -4.33. The van der Waals surface area contributed by atoms with Gasteiger partial charge in [0, 0.05) is 0 Å². The van der Waals surface area contributed by atoms with Crippen LogP contribution in [0.25, 0.3) is 0 Å². The fourth-order valence-electron chi connectivity index (χ4n) is 3.23. The predicted octanol–water partition coefficient (Wildman–Crippen LogP) is 7.08. The van der Waals surface area contributed by atoms with Crippen LogP contribution in [0.4, 0.5) is 0 Å². The van der Waals surface area contributed by atoms with Crippen LogP contribution in [0.5, 0.6) is 0 Å². The molecule has 0 rings (SSSR count). The van der Waals surface area contributed by atoms with Gasteiger partial charge in [0.1, 0.15) is 0 Å². The molecule has 6 heteroatoms. The summed E-state index contributed by atoms with van der Waals surface area (Å²) in [6.07, 6.45) is 18.3. The first-order valence-electron chi connectivity index (χ1n) is 10.2. The first-order chi connectivity index (χ1) is 11.5. The zero-order valence-corrected chi connectivity index (χ0v) is 19.8. The van der Waals surface area contributed by atoms with Gasteiger partial charge in [-0.2, -0.15) is 0 Å². The van der Waals surface area contributed by atoms with E-state index in [-0.39, 0.29) is 0 Å². The van der Waals surface area contributed by atoms with Crippen molar-refractivity contribution < 1.29 is 16.1 Å². The molecule has 0 aliphatic rings. The van der Waals surface area contributed by atoms with E-state index in [0.717, 1.165) is 18.1 Å². The van der Waals surface area contributed by atoms with E-state index < -0.39 is 23.2 Å². The van der Waals surface area contributed by atoms with Crippen LogP contribution in [0.15, 0.2) is 0 Å². The molecule has 0 amide bonds. The van der Waals surface area contributed by atoms with E-state index in [0.29, 0.717) is 0 Å². The van der Waals surface area contributed by atoms with Crippen molar-refractivity contribution in [3.8, 4) is 0 Å². The van der Waals surface area contributed by atoms with E-state index in [1.54, 1.807) is 0 Å². The molecule has 0 bridgehead atoms. The Morgan fingerprint density at radius 1 is 0.680 bits per heavy atom. The van der Waals surface area contributed by atoms with Crippen LogP contribution in [0.2, 0.25) is 22.3 Å².